The summed E-state index contributed by atoms with van der Waals surface area (Å²) in [6.07, 6.45) is 15.5. The van der Waals surface area contributed by atoms with E-state index in [-0.39, 0.29) is 0 Å². The monoisotopic (exact) mass is 238 g/mol. The molecule has 0 N–H and O–H groups in total. The molecule has 17 heavy (non-hydrogen) atoms. The van der Waals surface area contributed by atoms with Crippen LogP contribution in [0.4, 0.5) is 0 Å². The van der Waals surface area contributed by atoms with Gasteiger partial charge in [0.1, 0.15) is 0 Å². The maximum absolute atomic E-state index is 2.50. The molecule has 0 fully saturated rings. The minimum Gasteiger partial charge on any atom is -0.313 e. The van der Waals surface area contributed by atoms with Gasteiger partial charge in [0.05, 0.1) is 0 Å². The first-order valence-electron chi connectivity index (χ1n) is 7.56. The standard InChI is InChI=1S/C15H30N2/c1-3-5-7-8-9-10-13-17-15-11-14-16(17)12-6-4-2/h11,14H,3-10,12-13,15H2,1-2H3. The Hall–Kier alpha value is -0.500. The lowest BCUT2D eigenvalue weighted by molar-refractivity contribution is 0.0487. The second-order valence-corrected chi connectivity index (χ2v) is 5.08. The summed E-state index contributed by atoms with van der Waals surface area (Å²) in [7, 11) is 0. The zero-order valence-corrected chi connectivity index (χ0v) is 11.8. The molecule has 2 nitrogen and oxygen atoms in total. The zero-order chi connectivity index (χ0) is 12.3. The molecule has 2 heteroatoms. The number of hydrazine groups is 1. The van der Waals surface area contributed by atoms with Crippen molar-refractivity contribution in [3.8, 4) is 0 Å². The molecule has 0 radical (unpaired) electrons. The van der Waals surface area contributed by atoms with Gasteiger partial charge in [0.15, 0.2) is 0 Å². The third-order valence-electron chi connectivity index (χ3n) is 3.47. The van der Waals surface area contributed by atoms with E-state index in [1.54, 1.807) is 0 Å². The van der Waals surface area contributed by atoms with Crippen LogP contribution in [0.1, 0.15) is 65.2 Å². The molecule has 1 heterocycles. The summed E-state index contributed by atoms with van der Waals surface area (Å²) in [5.74, 6) is 0. The van der Waals surface area contributed by atoms with Crippen LogP contribution in [-0.4, -0.2) is 29.7 Å². The van der Waals surface area contributed by atoms with Crippen molar-refractivity contribution < 1.29 is 0 Å². The van der Waals surface area contributed by atoms with Gasteiger partial charge in [-0.15, -0.1) is 0 Å². The molecule has 100 valence electrons. The van der Waals surface area contributed by atoms with Crippen molar-refractivity contribution in [2.45, 2.75) is 65.2 Å². The third kappa shape index (κ3) is 6.11. The van der Waals surface area contributed by atoms with Gasteiger partial charge in [-0.2, -0.15) is 0 Å². The van der Waals surface area contributed by atoms with E-state index in [0.29, 0.717) is 0 Å². The largest absolute Gasteiger partial charge is 0.313 e. The van der Waals surface area contributed by atoms with E-state index in [2.05, 4.69) is 36.1 Å². The Balaban J connectivity index is 2.02. The summed E-state index contributed by atoms with van der Waals surface area (Å²) >= 11 is 0. The lowest BCUT2D eigenvalue weighted by Gasteiger charge is -2.29. The Morgan fingerprint density at radius 1 is 0.824 bits per heavy atom. The van der Waals surface area contributed by atoms with E-state index in [1.807, 2.05) is 0 Å². The molecule has 0 bridgehead atoms. The summed E-state index contributed by atoms with van der Waals surface area (Å²) < 4.78 is 0. The van der Waals surface area contributed by atoms with Crippen LogP contribution in [0.25, 0.3) is 0 Å². The molecule has 0 unspecified atom stereocenters. The molecule has 0 saturated carbocycles. The predicted octanol–water partition coefficient (Wildman–Crippen LogP) is 4.19. The number of unbranched alkanes of at least 4 members (excludes halogenated alkanes) is 6. The van der Waals surface area contributed by atoms with Crippen molar-refractivity contribution >= 4 is 0 Å². The van der Waals surface area contributed by atoms with Crippen molar-refractivity contribution in [1.82, 2.24) is 10.0 Å². The number of hydrogen-bond donors (Lipinski definition) is 0. The summed E-state index contributed by atoms with van der Waals surface area (Å²) in [4.78, 5) is 0. The predicted molar refractivity (Wildman–Crippen MR) is 75.7 cm³/mol. The van der Waals surface area contributed by atoms with Crippen LogP contribution in [0.3, 0.4) is 0 Å². The van der Waals surface area contributed by atoms with E-state index in [4.69, 9.17) is 0 Å². The first kappa shape index (κ1) is 14.6. The highest BCUT2D eigenvalue weighted by molar-refractivity contribution is 4.91. The van der Waals surface area contributed by atoms with Crippen LogP contribution >= 0.6 is 0 Å². The Morgan fingerprint density at radius 2 is 1.53 bits per heavy atom. The van der Waals surface area contributed by atoms with Crippen molar-refractivity contribution in [2.75, 3.05) is 19.6 Å². The highest BCUT2D eigenvalue weighted by Crippen LogP contribution is 2.12. The van der Waals surface area contributed by atoms with Crippen molar-refractivity contribution in [2.24, 2.45) is 0 Å². The van der Waals surface area contributed by atoms with E-state index < -0.39 is 0 Å². The van der Waals surface area contributed by atoms with Gasteiger partial charge in [-0.25, -0.2) is 5.01 Å². The number of hydrogen-bond acceptors (Lipinski definition) is 2. The second-order valence-electron chi connectivity index (χ2n) is 5.08. The minimum atomic E-state index is 1.12. The Bertz CT molecular complexity index is 201. The maximum Gasteiger partial charge on any atom is 0.0379 e. The van der Waals surface area contributed by atoms with Gasteiger partial charge in [-0.3, -0.25) is 0 Å². The van der Waals surface area contributed by atoms with Crippen LogP contribution in [0, 0.1) is 0 Å². The van der Waals surface area contributed by atoms with Crippen LogP contribution < -0.4 is 0 Å². The fraction of sp³-hybridized carbons (Fsp3) is 0.867. The lowest BCUT2D eigenvalue weighted by Crippen LogP contribution is -2.36. The van der Waals surface area contributed by atoms with Crippen molar-refractivity contribution in [3.63, 3.8) is 0 Å². The van der Waals surface area contributed by atoms with Gasteiger partial charge >= 0.3 is 0 Å². The van der Waals surface area contributed by atoms with Crippen LogP contribution in [0.15, 0.2) is 12.3 Å². The molecule has 0 aromatic heterocycles. The zero-order valence-electron chi connectivity index (χ0n) is 11.8. The molecule has 0 amide bonds. The van der Waals surface area contributed by atoms with Crippen molar-refractivity contribution in [3.05, 3.63) is 12.3 Å². The maximum atomic E-state index is 2.50. The molecule has 0 aromatic rings. The first-order valence-corrected chi connectivity index (χ1v) is 7.56. The highest BCUT2D eigenvalue weighted by atomic mass is 15.6. The van der Waals surface area contributed by atoms with Gasteiger partial charge in [0.25, 0.3) is 0 Å². The Labute approximate surface area is 108 Å². The van der Waals surface area contributed by atoms with E-state index >= 15 is 0 Å². The molecule has 1 rings (SSSR count). The smallest absolute Gasteiger partial charge is 0.0379 e. The SMILES string of the molecule is CCCCCCCCN1CC=CN1CCCC. The quantitative estimate of drug-likeness (QED) is 0.526. The van der Waals surface area contributed by atoms with E-state index in [0.717, 1.165) is 6.54 Å². The molecule has 0 saturated heterocycles. The van der Waals surface area contributed by atoms with E-state index in [9.17, 15) is 0 Å². The molecule has 1 aliphatic rings. The minimum absolute atomic E-state index is 1.12. The average Bonchev–Trinajstić information content (AvgIpc) is 2.78. The lowest BCUT2D eigenvalue weighted by atomic mass is 10.1. The van der Waals surface area contributed by atoms with Gasteiger partial charge in [-0.1, -0.05) is 58.4 Å². The average molecular weight is 238 g/mol. The first-order chi connectivity index (χ1) is 8.38. The van der Waals surface area contributed by atoms with Gasteiger partial charge in [0, 0.05) is 25.8 Å². The molecule has 0 atom stereocenters. The second kappa shape index (κ2) is 9.52. The highest BCUT2D eigenvalue weighted by Gasteiger charge is 2.14. The topological polar surface area (TPSA) is 6.48 Å². The molecule has 0 spiro atoms. The summed E-state index contributed by atoms with van der Waals surface area (Å²) in [5.41, 5.74) is 0. The molecular weight excluding hydrogens is 208 g/mol. The van der Waals surface area contributed by atoms with E-state index in [1.165, 1.54) is 64.5 Å². The van der Waals surface area contributed by atoms with Crippen LogP contribution in [0.2, 0.25) is 0 Å². The van der Waals surface area contributed by atoms with Crippen LogP contribution in [-0.2, 0) is 0 Å². The fourth-order valence-electron chi connectivity index (χ4n) is 2.32. The van der Waals surface area contributed by atoms with Gasteiger partial charge in [-0.05, 0) is 12.8 Å². The fourth-order valence-corrected chi connectivity index (χ4v) is 2.32. The number of rotatable bonds is 10. The summed E-state index contributed by atoms with van der Waals surface area (Å²) in [5, 5.41) is 4.91. The molecular formula is C15H30N2. The number of nitrogens with zero attached hydrogens (tertiary/aromatic N) is 2. The molecule has 1 aliphatic heterocycles. The Kier molecular flexibility index (Phi) is 8.16. The van der Waals surface area contributed by atoms with Crippen molar-refractivity contribution in [1.29, 1.82) is 0 Å². The summed E-state index contributed by atoms with van der Waals surface area (Å²) in [6.45, 7) is 8.10. The van der Waals surface area contributed by atoms with Gasteiger partial charge < -0.3 is 5.01 Å². The molecule has 0 aromatic carbocycles. The summed E-state index contributed by atoms with van der Waals surface area (Å²) in [6, 6.07) is 0. The normalized spacial score (nSPS) is 16.0. The van der Waals surface area contributed by atoms with Gasteiger partial charge in [0.2, 0.25) is 0 Å². The Morgan fingerprint density at radius 3 is 2.29 bits per heavy atom. The van der Waals surface area contributed by atoms with Crippen LogP contribution in [0.5, 0.6) is 0 Å². The molecule has 0 aliphatic carbocycles. The third-order valence-corrected chi connectivity index (χ3v) is 3.47.